The molecule has 43 heavy (non-hydrogen) atoms. The molecule has 236 valence electrons. The summed E-state index contributed by atoms with van der Waals surface area (Å²) >= 11 is 0. The number of tetrazole rings is 1. The number of aliphatic hydroxyl groups is 1. The second-order valence-corrected chi connectivity index (χ2v) is 12.5. The highest BCUT2D eigenvalue weighted by Crippen LogP contribution is 2.21. The fourth-order valence-corrected chi connectivity index (χ4v) is 4.20. The number of nitrogens with two attached hydrogens (primary N) is 1. The van der Waals surface area contributed by atoms with Gasteiger partial charge in [0, 0.05) is 24.7 Å². The number of hydrogen-bond acceptors (Lipinski definition) is 9. The van der Waals surface area contributed by atoms with Crippen LogP contribution in [-0.2, 0) is 28.0 Å². The Balaban J connectivity index is 0.00000645. The molecule has 5 N–H and O–H groups in total. The van der Waals surface area contributed by atoms with Gasteiger partial charge >= 0.3 is 6.09 Å². The summed E-state index contributed by atoms with van der Waals surface area (Å²) in [5, 5.41) is 28.1. The minimum absolute atomic E-state index is 0. The highest BCUT2D eigenvalue weighted by atomic mass is 35.5. The van der Waals surface area contributed by atoms with Crippen molar-refractivity contribution in [3.8, 4) is 11.4 Å². The number of aromatic nitrogens is 4. The highest BCUT2D eigenvalue weighted by molar-refractivity contribution is 5.86. The van der Waals surface area contributed by atoms with E-state index in [1.165, 1.54) is 7.11 Å². The predicted molar refractivity (Wildman–Crippen MR) is 167 cm³/mol. The molecule has 3 aromatic rings. The zero-order valence-corrected chi connectivity index (χ0v) is 26.8. The third kappa shape index (κ3) is 10.6. The van der Waals surface area contributed by atoms with E-state index in [0.29, 0.717) is 12.2 Å². The van der Waals surface area contributed by atoms with Crippen LogP contribution in [0.25, 0.3) is 11.4 Å². The molecule has 0 saturated carbocycles. The quantitative estimate of drug-likeness (QED) is 0.237. The first-order valence-electron chi connectivity index (χ1n) is 13.9. The first-order chi connectivity index (χ1) is 19.7. The summed E-state index contributed by atoms with van der Waals surface area (Å²) in [6, 6.07) is 15.8. The molecule has 0 saturated heterocycles. The maximum atomic E-state index is 13.4. The summed E-state index contributed by atoms with van der Waals surface area (Å²) in [6.45, 7) is 11.8. The molecule has 12 nitrogen and oxygen atoms in total. The lowest BCUT2D eigenvalue weighted by atomic mass is 9.86. The van der Waals surface area contributed by atoms with E-state index in [1.54, 1.807) is 9.81 Å². The van der Waals surface area contributed by atoms with Crippen molar-refractivity contribution in [2.45, 2.75) is 78.2 Å². The lowest BCUT2D eigenvalue weighted by molar-refractivity contribution is -0.131. The molecule has 0 aliphatic carbocycles. The molecule has 0 spiro atoms. The molecule has 1 heterocycles. The smallest absolute Gasteiger partial charge is 0.407 e. The molecule has 0 unspecified atom stereocenters. The molecule has 0 aliphatic rings. The minimum atomic E-state index is -0.955. The SMILES string of the molecule is COC(=O)N[C@H](C(=O)NN(Cc1ccc(-c2nnn(C(C)(C)C)n2)cc1)C[C@H](O)[C@@H](N)Cc1ccccc1)C(C)(C)C.Cl. The van der Waals surface area contributed by atoms with Gasteiger partial charge in [-0.3, -0.25) is 10.2 Å². The minimum Gasteiger partial charge on any atom is -0.453 e. The highest BCUT2D eigenvalue weighted by Gasteiger charge is 2.34. The number of alkyl carbamates (subject to hydrolysis) is 1. The van der Waals surface area contributed by atoms with Crippen molar-refractivity contribution in [2.75, 3.05) is 13.7 Å². The number of hydrogen-bond donors (Lipinski definition) is 4. The number of ether oxygens (including phenoxy) is 1. The molecule has 2 aromatic carbocycles. The average molecular weight is 617 g/mol. The average Bonchev–Trinajstić information content (AvgIpc) is 3.43. The number of nitrogens with one attached hydrogen (secondary N) is 2. The zero-order valence-electron chi connectivity index (χ0n) is 25.9. The molecular formula is C30H45ClN8O4. The van der Waals surface area contributed by atoms with E-state index in [0.717, 1.165) is 16.7 Å². The Hall–Kier alpha value is -3.58. The topological polar surface area (TPSA) is 161 Å². The summed E-state index contributed by atoms with van der Waals surface area (Å²) in [5.74, 6) is 0.0576. The van der Waals surface area contributed by atoms with Gasteiger partial charge in [0.2, 0.25) is 5.82 Å². The lowest BCUT2D eigenvalue weighted by Crippen LogP contribution is -2.58. The van der Waals surface area contributed by atoms with Gasteiger partial charge < -0.3 is 20.9 Å². The molecule has 0 radical (unpaired) electrons. The van der Waals surface area contributed by atoms with Gasteiger partial charge in [-0.2, -0.15) is 4.80 Å². The third-order valence-electron chi connectivity index (χ3n) is 6.66. The van der Waals surface area contributed by atoms with Crippen LogP contribution in [0.3, 0.4) is 0 Å². The first-order valence-corrected chi connectivity index (χ1v) is 13.9. The molecule has 3 atom stereocenters. The van der Waals surface area contributed by atoms with Gasteiger partial charge in [-0.15, -0.1) is 22.6 Å². The fraction of sp³-hybridized carbons (Fsp3) is 0.500. The van der Waals surface area contributed by atoms with Gasteiger partial charge in [0.25, 0.3) is 5.91 Å². The van der Waals surface area contributed by atoms with Crippen molar-refractivity contribution in [2.24, 2.45) is 11.1 Å². The summed E-state index contributed by atoms with van der Waals surface area (Å²) < 4.78 is 4.73. The van der Waals surface area contributed by atoms with Gasteiger partial charge in [-0.1, -0.05) is 75.4 Å². The van der Waals surface area contributed by atoms with Gasteiger partial charge in [0.05, 0.1) is 18.8 Å². The number of hydrazine groups is 1. The third-order valence-corrected chi connectivity index (χ3v) is 6.66. The van der Waals surface area contributed by atoms with Crippen molar-refractivity contribution in [1.82, 2.24) is 36.0 Å². The number of methoxy groups -OCH3 is 1. The maximum absolute atomic E-state index is 13.4. The van der Waals surface area contributed by atoms with Crippen molar-refractivity contribution in [3.63, 3.8) is 0 Å². The van der Waals surface area contributed by atoms with Crippen molar-refractivity contribution in [3.05, 3.63) is 65.7 Å². The Morgan fingerprint density at radius 3 is 2.19 bits per heavy atom. The molecule has 2 amide bonds. The zero-order chi connectivity index (χ0) is 31.1. The second kappa shape index (κ2) is 15.2. The van der Waals surface area contributed by atoms with E-state index in [1.807, 2.05) is 96.1 Å². The van der Waals surface area contributed by atoms with Gasteiger partial charge in [0.1, 0.15) is 6.04 Å². The summed E-state index contributed by atoms with van der Waals surface area (Å²) in [5.41, 5.74) is 11.0. The number of carbonyl (C=O) groups excluding carboxylic acids is 2. The number of rotatable bonds is 11. The summed E-state index contributed by atoms with van der Waals surface area (Å²) in [7, 11) is 1.24. The molecule has 1 aromatic heterocycles. The van der Waals surface area contributed by atoms with Crippen LogP contribution in [0.2, 0.25) is 0 Å². The monoisotopic (exact) mass is 616 g/mol. The van der Waals surface area contributed by atoms with Crippen LogP contribution in [0.1, 0.15) is 52.7 Å². The second-order valence-electron chi connectivity index (χ2n) is 12.5. The number of halogens is 1. The molecule has 3 rings (SSSR count). The fourth-order valence-electron chi connectivity index (χ4n) is 4.20. The maximum Gasteiger partial charge on any atom is 0.407 e. The van der Waals surface area contributed by atoms with Gasteiger partial charge in [0.15, 0.2) is 0 Å². The van der Waals surface area contributed by atoms with E-state index in [2.05, 4.69) is 26.2 Å². The molecule has 0 bridgehead atoms. The van der Waals surface area contributed by atoms with E-state index in [4.69, 9.17) is 10.5 Å². The van der Waals surface area contributed by atoms with Crippen LogP contribution in [0, 0.1) is 5.41 Å². The number of carbonyl (C=O) groups is 2. The van der Waals surface area contributed by atoms with Crippen molar-refractivity contribution in [1.29, 1.82) is 0 Å². The Morgan fingerprint density at radius 2 is 1.65 bits per heavy atom. The number of amides is 2. The Bertz CT molecular complexity index is 1310. The summed E-state index contributed by atoms with van der Waals surface area (Å²) in [4.78, 5) is 27.0. The molecular weight excluding hydrogens is 572 g/mol. The van der Waals surface area contributed by atoms with Gasteiger partial charge in [-0.05, 0) is 48.9 Å². The van der Waals surface area contributed by atoms with Gasteiger partial charge in [-0.25, -0.2) is 9.80 Å². The van der Waals surface area contributed by atoms with E-state index < -0.39 is 35.6 Å². The standard InChI is InChI=1S/C30H44N8O4.ClH/c1-29(2,3)25(32-28(41)42-7)27(40)35-37(19-24(39)23(31)17-20-11-9-8-10-12-20)18-21-13-15-22(16-14-21)26-33-36-38(34-26)30(4,5)6;/h8-16,23-25,39H,17-19,31H2,1-7H3,(H,32,41)(H,35,40);1H/t23-,24-,25+;/m0./s1. The number of aliphatic hydroxyl groups excluding tert-OH is 1. The van der Waals surface area contributed by atoms with Crippen LogP contribution < -0.4 is 16.5 Å². The van der Waals surface area contributed by atoms with Crippen LogP contribution in [0.15, 0.2) is 54.6 Å². The van der Waals surface area contributed by atoms with Crippen molar-refractivity contribution >= 4 is 24.4 Å². The lowest BCUT2D eigenvalue weighted by Gasteiger charge is -2.34. The van der Waals surface area contributed by atoms with Crippen LogP contribution in [0.5, 0.6) is 0 Å². The molecule has 13 heteroatoms. The van der Waals surface area contributed by atoms with E-state index in [9.17, 15) is 14.7 Å². The van der Waals surface area contributed by atoms with Crippen molar-refractivity contribution < 1.29 is 19.4 Å². The Kier molecular flexibility index (Phi) is 12.6. The van der Waals surface area contributed by atoms with E-state index >= 15 is 0 Å². The van der Waals surface area contributed by atoms with Crippen LogP contribution in [0.4, 0.5) is 4.79 Å². The molecule has 0 fully saturated rings. The van der Waals surface area contributed by atoms with Crippen LogP contribution >= 0.6 is 12.4 Å². The molecule has 0 aliphatic heterocycles. The number of benzene rings is 2. The Morgan fingerprint density at radius 1 is 1.02 bits per heavy atom. The Labute approximate surface area is 259 Å². The van der Waals surface area contributed by atoms with Crippen LogP contribution in [-0.4, -0.2) is 74.2 Å². The number of nitrogens with zero attached hydrogens (tertiary/aromatic N) is 5. The van der Waals surface area contributed by atoms with E-state index in [-0.39, 0.29) is 31.0 Å². The predicted octanol–water partition coefficient (Wildman–Crippen LogP) is 3.05. The summed E-state index contributed by atoms with van der Waals surface area (Å²) in [6.07, 6.45) is -1.20. The normalized spacial score (nSPS) is 13.9. The largest absolute Gasteiger partial charge is 0.453 e. The first kappa shape index (κ1) is 35.6.